The third kappa shape index (κ3) is 7.05. The van der Waals surface area contributed by atoms with E-state index in [1.165, 1.54) is 0 Å². The number of carbonyl (C=O) groups excluding carboxylic acids is 2. The lowest BCUT2D eigenvalue weighted by molar-refractivity contribution is -0.139. The maximum atomic E-state index is 10.8. The Morgan fingerprint density at radius 2 is 2.00 bits per heavy atom. The maximum Gasteiger partial charge on any atom is 0.333 e. The van der Waals surface area contributed by atoms with Crippen LogP contribution in [0.3, 0.4) is 0 Å². The third-order valence-electron chi connectivity index (χ3n) is 1.40. The third-order valence-corrected chi connectivity index (χ3v) is 1.40. The first-order chi connectivity index (χ1) is 6.04. The van der Waals surface area contributed by atoms with Gasteiger partial charge in [-0.25, -0.2) is 4.79 Å². The molecular weight excluding hydrogens is 170 g/mol. The molecule has 0 bridgehead atoms. The molecule has 0 aliphatic carbocycles. The Balaban J connectivity index is 3.31. The second-order valence-corrected chi connectivity index (χ2v) is 2.84. The number of carbonyl (C=O) groups is 2. The van der Waals surface area contributed by atoms with Crippen LogP contribution in [-0.4, -0.2) is 18.5 Å². The van der Waals surface area contributed by atoms with Gasteiger partial charge < -0.3 is 10.5 Å². The predicted molar refractivity (Wildman–Crippen MR) is 48.8 cm³/mol. The van der Waals surface area contributed by atoms with Gasteiger partial charge in [-0.2, -0.15) is 0 Å². The first-order valence-corrected chi connectivity index (χ1v) is 4.15. The molecule has 4 heteroatoms. The topological polar surface area (TPSA) is 69.4 Å². The zero-order valence-electron chi connectivity index (χ0n) is 7.84. The monoisotopic (exact) mass is 185 g/mol. The lowest BCUT2D eigenvalue weighted by Crippen LogP contribution is -2.11. The predicted octanol–water partition coefficient (Wildman–Crippen LogP) is 0.761. The van der Waals surface area contributed by atoms with Crippen molar-refractivity contribution in [3.63, 3.8) is 0 Å². The number of esters is 1. The molecule has 0 aliphatic heterocycles. The molecule has 0 saturated carbocycles. The summed E-state index contributed by atoms with van der Waals surface area (Å²) in [5.41, 5.74) is 5.31. The summed E-state index contributed by atoms with van der Waals surface area (Å²) in [4.78, 5) is 21.1. The van der Waals surface area contributed by atoms with Crippen molar-refractivity contribution >= 4 is 11.9 Å². The van der Waals surface area contributed by atoms with Crippen molar-refractivity contribution in [2.75, 3.05) is 6.61 Å². The van der Waals surface area contributed by atoms with E-state index in [0.29, 0.717) is 31.4 Å². The highest BCUT2D eigenvalue weighted by Crippen LogP contribution is 1.97. The first-order valence-electron chi connectivity index (χ1n) is 4.15. The highest BCUT2D eigenvalue weighted by atomic mass is 16.5. The van der Waals surface area contributed by atoms with E-state index >= 15 is 0 Å². The molecule has 0 unspecified atom stereocenters. The Hall–Kier alpha value is -1.32. The number of nitrogens with two attached hydrogens (primary N) is 1. The Kier molecular flexibility index (Phi) is 5.59. The molecule has 0 fully saturated rings. The summed E-state index contributed by atoms with van der Waals surface area (Å²) in [6, 6.07) is 0. The van der Waals surface area contributed by atoms with Gasteiger partial charge in [0.15, 0.2) is 0 Å². The van der Waals surface area contributed by atoms with Crippen LogP contribution in [0, 0.1) is 0 Å². The lowest BCUT2D eigenvalue weighted by Gasteiger charge is -2.02. The summed E-state index contributed by atoms with van der Waals surface area (Å²) < 4.78 is 4.79. The summed E-state index contributed by atoms with van der Waals surface area (Å²) in [5, 5.41) is 0. The minimum Gasteiger partial charge on any atom is -0.462 e. The van der Waals surface area contributed by atoms with E-state index < -0.39 is 0 Å². The van der Waals surface area contributed by atoms with E-state index in [4.69, 9.17) is 10.5 Å². The normalized spacial score (nSPS) is 9.31. The minimum absolute atomic E-state index is 0.318. The molecule has 0 atom stereocenters. The molecule has 1 amide bonds. The largest absolute Gasteiger partial charge is 0.462 e. The molecule has 0 aliphatic rings. The maximum absolute atomic E-state index is 10.8. The molecule has 2 N–H and O–H groups in total. The molecule has 0 aromatic heterocycles. The summed E-state index contributed by atoms with van der Waals surface area (Å²) in [7, 11) is 0. The van der Waals surface area contributed by atoms with E-state index in [-0.39, 0.29) is 11.9 Å². The Labute approximate surface area is 77.7 Å². The number of hydrogen-bond donors (Lipinski definition) is 1. The van der Waals surface area contributed by atoms with Gasteiger partial charge in [0.05, 0.1) is 6.61 Å². The fraction of sp³-hybridized carbons (Fsp3) is 0.556. The van der Waals surface area contributed by atoms with Crippen LogP contribution < -0.4 is 5.73 Å². The quantitative estimate of drug-likeness (QED) is 0.377. The molecule has 0 heterocycles. The zero-order chi connectivity index (χ0) is 10.3. The molecule has 13 heavy (non-hydrogen) atoms. The van der Waals surface area contributed by atoms with Gasteiger partial charge in [-0.1, -0.05) is 6.58 Å². The second kappa shape index (κ2) is 6.22. The van der Waals surface area contributed by atoms with Gasteiger partial charge in [0.2, 0.25) is 5.91 Å². The van der Waals surface area contributed by atoms with Gasteiger partial charge in [0.25, 0.3) is 0 Å². The van der Waals surface area contributed by atoms with Crippen molar-refractivity contribution in [2.24, 2.45) is 5.73 Å². The minimum atomic E-state index is -0.390. The van der Waals surface area contributed by atoms with E-state index in [1.807, 2.05) is 0 Å². The Morgan fingerprint density at radius 3 is 2.46 bits per heavy atom. The average Bonchev–Trinajstić information content (AvgIpc) is 2.02. The first kappa shape index (κ1) is 11.7. The van der Waals surface area contributed by atoms with Crippen LogP contribution in [0.25, 0.3) is 0 Å². The van der Waals surface area contributed by atoms with Gasteiger partial charge in [0, 0.05) is 12.0 Å². The van der Waals surface area contributed by atoms with Gasteiger partial charge in [-0.15, -0.1) is 0 Å². The average molecular weight is 185 g/mol. The van der Waals surface area contributed by atoms with Gasteiger partial charge in [0.1, 0.15) is 0 Å². The van der Waals surface area contributed by atoms with Gasteiger partial charge in [-0.05, 0) is 19.8 Å². The van der Waals surface area contributed by atoms with E-state index in [9.17, 15) is 9.59 Å². The van der Waals surface area contributed by atoms with E-state index in [0.717, 1.165) is 0 Å². The van der Waals surface area contributed by atoms with Crippen LogP contribution in [0.15, 0.2) is 12.2 Å². The lowest BCUT2D eigenvalue weighted by atomic mass is 10.2. The number of hydrogen-bond acceptors (Lipinski definition) is 3. The van der Waals surface area contributed by atoms with Gasteiger partial charge in [-0.3, -0.25) is 4.79 Å². The van der Waals surface area contributed by atoms with Crippen molar-refractivity contribution in [1.29, 1.82) is 0 Å². The molecule has 0 aromatic carbocycles. The fourth-order valence-corrected chi connectivity index (χ4v) is 0.689. The molecule has 74 valence electrons. The second-order valence-electron chi connectivity index (χ2n) is 2.84. The Morgan fingerprint density at radius 1 is 1.38 bits per heavy atom. The van der Waals surface area contributed by atoms with Crippen molar-refractivity contribution in [3.8, 4) is 0 Å². The van der Waals surface area contributed by atoms with E-state index in [2.05, 4.69) is 6.58 Å². The number of amides is 1. The highest BCUT2D eigenvalue weighted by molar-refractivity contribution is 5.86. The molecule has 0 spiro atoms. The summed E-state index contributed by atoms with van der Waals surface area (Å²) >= 11 is 0. The van der Waals surface area contributed by atoms with Crippen LogP contribution in [0.5, 0.6) is 0 Å². The fourth-order valence-electron chi connectivity index (χ4n) is 0.689. The SMILES string of the molecule is C=C(C)C(=O)OCCCCC(N)=O. The van der Waals surface area contributed by atoms with Crippen LogP contribution in [-0.2, 0) is 14.3 Å². The van der Waals surface area contributed by atoms with Crippen molar-refractivity contribution in [2.45, 2.75) is 26.2 Å². The smallest absolute Gasteiger partial charge is 0.333 e. The van der Waals surface area contributed by atoms with Gasteiger partial charge >= 0.3 is 5.97 Å². The molecular formula is C9H15NO3. The molecule has 0 aromatic rings. The van der Waals surface area contributed by atoms with Crippen LogP contribution in [0.2, 0.25) is 0 Å². The van der Waals surface area contributed by atoms with Crippen molar-refractivity contribution in [1.82, 2.24) is 0 Å². The van der Waals surface area contributed by atoms with Crippen LogP contribution in [0.4, 0.5) is 0 Å². The number of ether oxygens (including phenoxy) is 1. The zero-order valence-corrected chi connectivity index (χ0v) is 7.84. The molecule has 0 radical (unpaired) electrons. The van der Waals surface area contributed by atoms with Crippen LogP contribution >= 0.6 is 0 Å². The van der Waals surface area contributed by atoms with Crippen LogP contribution in [0.1, 0.15) is 26.2 Å². The summed E-state index contributed by atoms with van der Waals surface area (Å²) in [6.45, 7) is 5.34. The Bertz CT molecular complexity index is 211. The highest BCUT2D eigenvalue weighted by Gasteiger charge is 2.02. The number of rotatable bonds is 6. The standard InChI is InChI=1S/C9H15NO3/c1-7(2)9(12)13-6-4-3-5-8(10)11/h1,3-6H2,2H3,(H2,10,11). The summed E-state index contributed by atoms with van der Waals surface area (Å²) in [5.74, 6) is -0.717. The van der Waals surface area contributed by atoms with Crippen molar-refractivity contribution < 1.29 is 14.3 Å². The van der Waals surface area contributed by atoms with E-state index in [1.54, 1.807) is 6.92 Å². The molecule has 0 rings (SSSR count). The summed E-state index contributed by atoms with van der Waals surface area (Å²) in [6.07, 6.45) is 1.64. The molecule has 0 saturated heterocycles. The number of unbranched alkanes of at least 4 members (excludes halogenated alkanes) is 1. The molecule has 4 nitrogen and oxygen atoms in total. The van der Waals surface area contributed by atoms with Crippen molar-refractivity contribution in [3.05, 3.63) is 12.2 Å². The number of primary amides is 1.